The summed E-state index contributed by atoms with van der Waals surface area (Å²) in [5.41, 5.74) is 1.16. The molecule has 0 aromatic carbocycles. The SMILES string of the molecule is Cc1oncc1C(C)NC1CC=CC1. The standard InChI is InChI=1S/C11H16N2O/c1-8(11-7-12-14-9(11)2)13-10-5-3-4-6-10/h3-4,7-8,10,13H,5-6H2,1-2H3. The van der Waals surface area contributed by atoms with Crippen LogP contribution in [-0.2, 0) is 0 Å². The highest BCUT2D eigenvalue weighted by molar-refractivity contribution is 5.16. The van der Waals surface area contributed by atoms with Crippen LogP contribution in [0.4, 0.5) is 0 Å². The van der Waals surface area contributed by atoms with Gasteiger partial charge in [-0.25, -0.2) is 0 Å². The lowest BCUT2D eigenvalue weighted by Gasteiger charge is -2.18. The third kappa shape index (κ3) is 1.87. The van der Waals surface area contributed by atoms with Crippen LogP contribution in [0.1, 0.15) is 37.1 Å². The Morgan fingerprint density at radius 2 is 2.21 bits per heavy atom. The number of nitrogens with one attached hydrogen (secondary N) is 1. The highest BCUT2D eigenvalue weighted by atomic mass is 16.5. The molecule has 0 fully saturated rings. The predicted octanol–water partition coefficient (Wildman–Crippen LogP) is 2.35. The zero-order valence-corrected chi connectivity index (χ0v) is 8.66. The summed E-state index contributed by atoms with van der Waals surface area (Å²) in [5.74, 6) is 0.913. The smallest absolute Gasteiger partial charge is 0.138 e. The van der Waals surface area contributed by atoms with Crippen LogP contribution in [0, 0.1) is 6.92 Å². The Hall–Kier alpha value is -1.09. The van der Waals surface area contributed by atoms with Gasteiger partial charge in [0.15, 0.2) is 0 Å². The van der Waals surface area contributed by atoms with Crippen molar-refractivity contribution in [2.45, 2.75) is 38.8 Å². The molecular formula is C11H16N2O. The van der Waals surface area contributed by atoms with Crippen molar-refractivity contribution in [2.24, 2.45) is 0 Å². The maximum absolute atomic E-state index is 5.04. The molecule has 3 heteroatoms. The zero-order chi connectivity index (χ0) is 9.97. The van der Waals surface area contributed by atoms with Crippen LogP contribution >= 0.6 is 0 Å². The lowest BCUT2D eigenvalue weighted by atomic mass is 10.1. The van der Waals surface area contributed by atoms with Crippen LogP contribution in [0.2, 0.25) is 0 Å². The van der Waals surface area contributed by atoms with Crippen molar-refractivity contribution in [1.29, 1.82) is 0 Å². The summed E-state index contributed by atoms with van der Waals surface area (Å²) in [6.07, 6.45) is 8.52. The molecule has 2 rings (SSSR count). The van der Waals surface area contributed by atoms with Gasteiger partial charge in [0.05, 0.1) is 6.20 Å². The van der Waals surface area contributed by atoms with Gasteiger partial charge in [0.2, 0.25) is 0 Å². The molecule has 0 spiro atoms. The Morgan fingerprint density at radius 3 is 2.79 bits per heavy atom. The molecule has 1 aromatic rings. The van der Waals surface area contributed by atoms with E-state index < -0.39 is 0 Å². The number of nitrogens with zero attached hydrogens (tertiary/aromatic N) is 1. The Balaban J connectivity index is 1.95. The first-order chi connectivity index (χ1) is 6.77. The van der Waals surface area contributed by atoms with Crippen molar-refractivity contribution in [3.05, 3.63) is 29.7 Å². The Morgan fingerprint density at radius 1 is 1.50 bits per heavy atom. The van der Waals surface area contributed by atoms with Gasteiger partial charge in [-0.05, 0) is 26.7 Å². The van der Waals surface area contributed by atoms with Gasteiger partial charge in [0.1, 0.15) is 5.76 Å². The van der Waals surface area contributed by atoms with Crippen LogP contribution in [-0.4, -0.2) is 11.2 Å². The lowest BCUT2D eigenvalue weighted by molar-refractivity contribution is 0.392. The summed E-state index contributed by atoms with van der Waals surface area (Å²) in [6.45, 7) is 4.10. The highest BCUT2D eigenvalue weighted by Crippen LogP contribution is 2.19. The highest BCUT2D eigenvalue weighted by Gasteiger charge is 2.17. The largest absolute Gasteiger partial charge is 0.361 e. The maximum atomic E-state index is 5.04. The van der Waals surface area contributed by atoms with E-state index in [2.05, 4.69) is 29.5 Å². The molecule has 1 aliphatic carbocycles. The van der Waals surface area contributed by atoms with E-state index >= 15 is 0 Å². The van der Waals surface area contributed by atoms with Crippen LogP contribution in [0.15, 0.2) is 22.9 Å². The van der Waals surface area contributed by atoms with Crippen LogP contribution in [0.3, 0.4) is 0 Å². The molecule has 0 bridgehead atoms. The summed E-state index contributed by atoms with van der Waals surface area (Å²) >= 11 is 0. The van der Waals surface area contributed by atoms with Crippen LogP contribution in [0.5, 0.6) is 0 Å². The second-order valence-corrected chi connectivity index (χ2v) is 3.87. The topological polar surface area (TPSA) is 38.1 Å². The molecule has 0 aliphatic heterocycles. The third-order valence-corrected chi connectivity index (χ3v) is 2.75. The maximum Gasteiger partial charge on any atom is 0.138 e. The van der Waals surface area contributed by atoms with Crippen molar-refractivity contribution >= 4 is 0 Å². The van der Waals surface area contributed by atoms with Crippen molar-refractivity contribution < 1.29 is 4.52 Å². The van der Waals surface area contributed by atoms with Gasteiger partial charge in [-0.1, -0.05) is 17.3 Å². The average Bonchev–Trinajstić information content (AvgIpc) is 2.75. The van der Waals surface area contributed by atoms with E-state index in [1.165, 1.54) is 0 Å². The van der Waals surface area contributed by atoms with E-state index in [0.717, 1.165) is 24.2 Å². The summed E-state index contributed by atoms with van der Waals surface area (Å²) in [6, 6.07) is 0.908. The number of hydrogen-bond acceptors (Lipinski definition) is 3. The number of hydrogen-bond donors (Lipinski definition) is 1. The zero-order valence-electron chi connectivity index (χ0n) is 8.66. The summed E-state index contributed by atoms with van der Waals surface area (Å²) in [5, 5.41) is 7.35. The van der Waals surface area contributed by atoms with Crippen molar-refractivity contribution in [1.82, 2.24) is 10.5 Å². The molecule has 3 nitrogen and oxygen atoms in total. The fraction of sp³-hybridized carbons (Fsp3) is 0.545. The molecule has 1 atom stereocenters. The number of rotatable bonds is 3. The first-order valence-electron chi connectivity index (χ1n) is 5.09. The quantitative estimate of drug-likeness (QED) is 0.747. The van der Waals surface area contributed by atoms with Gasteiger partial charge in [-0.2, -0.15) is 0 Å². The fourth-order valence-corrected chi connectivity index (χ4v) is 1.92. The van der Waals surface area contributed by atoms with Gasteiger partial charge in [0, 0.05) is 17.6 Å². The van der Waals surface area contributed by atoms with E-state index in [9.17, 15) is 0 Å². The second-order valence-electron chi connectivity index (χ2n) is 3.87. The van der Waals surface area contributed by atoms with E-state index in [1.807, 2.05) is 6.92 Å². The molecule has 0 radical (unpaired) electrons. The Labute approximate surface area is 84.2 Å². The van der Waals surface area contributed by atoms with E-state index in [4.69, 9.17) is 4.52 Å². The second kappa shape index (κ2) is 3.96. The molecule has 1 aliphatic rings. The van der Waals surface area contributed by atoms with Crippen molar-refractivity contribution in [3.63, 3.8) is 0 Å². The van der Waals surface area contributed by atoms with Crippen molar-refractivity contribution in [2.75, 3.05) is 0 Å². The predicted molar refractivity (Wildman–Crippen MR) is 55.0 cm³/mol. The molecule has 1 aromatic heterocycles. The minimum atomic E-state index is 0.325. The molecular weight excluding hydrogens is 176 g/mol. The Kier molecular flexibility index (Phi) is 2.68. The number of aryl methyl sites for hydroxylation is 1. The van der Waals surface area contributed by atoms with E-state index in [1.54, 1.807) is 6.20 Å². The summed E-state index contributed by atoms with van der Waals surface area (Å²) < 4.78 is 5.04. The lowest BCUT2D eigenvalue weighted by Crippen LogP contribution is -2.29. The molecule has 1 heterocycles. The first-order valence-corrected chi connectivity index (χ1v) is 5.09. The van der Waals surface area contributed by atoms with Gasteiger partial charge in [0.25, 0.3) is 0 Å². The number of aromatic nitrogens is 1. The van der Waals surface area contributed by atoms with E-state index in [0.29, 0.717) is 12.1 Å². The molecule has 1 N–H and O–H groups in total. The minimum Gasteiger partial charge on any atom is -0.361 e. The molecule has 14 heavy (non-hydrogen) atoms. The molecule has 0 saturated carbocycles. The van der Waals surface area contributed by atoms with Crippen LogP contribution < -0.4 is 5.32 Å². The van der Waals surface area contributed by atoms with Gasteiger partial charge >= 0.3 is 0 Å². The normalized spacial score (nSPS) is 19.0. The molecule has 0 amide bonds. The van der Waals surface area contributed by atoms with Gasteiger partial charge in [-0.3, -0.25) is 0 Å². The van der Waals surface area contributed by atoms with Crippen LogP contribution in [0.25, 0.3) is 0 Å². The first kappa shape index (κ1) is 9.46. The summed E-state index contributed by atoms with van der Waals surface area (Å²) in [7, 11) is 0. The fourth-order valence-electron chi connectivity index (χ4n) is 1.92. The van der Waals surface area contributed by atoms with Gasteiger partial charge in [-0.15, -0.1) is 0 Å². The van der Waals surface area contributed by atoms with Crippen molar-refractivity contribution in [3.8, 4) is 0 Å². The van der Waals surface area contributed by atoms with Gasteiger partial charge < -0.3 is 9.84 Å². The average molecular weight is 192 g/mol. The Bertz CT molecular complexity index is 322. The minimum absolute atomic E-state index is 0.325. The monoisotopic (exact) mass is 192 g/mol. The molecule has 1 unspecified atom stereocenters. The molecule has 0 saturated heterocycles. The summed E-state index contributed by atoms with van der Waals surface area (Å²) in [4.78, 5) is 0. The van der Waals surface area contributed by atoms with E-state index in [-0.39, 0.29) is 0 Å². The molecule has 76 valence electrons. The third-order valence-electron chi connectivity index (χ3n) is 2.75.